The van der Waals surface area contributed by atoms with E-state index < -0.39 is 0 Å². The molecule has 1 aliphatic rings. The molecule has 5 heteroatoms. The van der Waals surface area contributed by atoms with Gasteiger partial charge in [-0.05, 0) is 24.7 Å². The van der Waals surface area contributed by atoms with Crippen LogP contribution in [0.1, 0.15) is 34.1 Å². The highest BCUT2D eigenvalue weighted by Gasteiger charge is 2.40. The molecule has 1 fully saturated rings. The van der Waals surface area contributed by atoms with Gasteiger partial charge in [-0.2, -0.15) is 0 Å². The minimum Gasteiger partial charge on any atom is -0.391 e. The summed E-state index contributed by atoms with van der Waals surface area (Å²) >= 11 is 1.33. The van der Waals surface area contributed by atoms with Gasteiger partial charge in [-0.15, -0.1) is 0 Å². The van der Waals surface area contributed by atoms with Gasteiger partial charge in [0.25, 0.3) is 0 Å². The van der Waals surface area contributed by atoms with Crippen molar-refractivity contribution in [3.05, 3.63) is 0 Å². The second-order valence-corrected chi connectivity index (χ2v) is 7.13. The molecule has 1 aliphatic heterocycles. The molecule has 1 rings (SSSR count). The molecule has 0 amide bonds. The Bertz CT molecular complexity index is 277. The molecule has 0 radical (unpaired) electrons. The van der Waals surface area contributed by atoms with Gasteiger partial charge in [0.1, 0.15) is 0 Å². The summed E-state index contributed by atoms with van der Waals surface area (Å²) in [5, 5.41) is 21.3. The van der Waals surface area contributed by atoms with E-state index in [1.54, 1.807) is 0 Å². The highest BCUT2D eigenvalue weighted by atomic mass is 32.2. The molecule has 0 aliphatic carbocycles. The van der Waals surface area contributed by atoms with E-state index in [4.69, 9.17) is 11.1 Å². The predicted molar refractivity (Wildman–Crippen MR) is 74.3 cm³/mol. The SMILES string of the molecule is CC1CC(CSC(=N)N)C(O)C(C(C)(C)C)N1. The lowest BCUT2D eigenvalue weighted by Crippen LogP contribution is -2.59. The third-order valence-corrected chi connectivity index (χ3v) is 4.24. The van der Waals surface area contributed by atoms with Gasteiger partial charge >= 0.3 is 0 Å². The Morgan fingerprint density at radius 2 is 2.12 bits per heavy atom. The number of thioether (sulfide) groups is 1. The van der Waals surface area contributed by atoms with Gasteiger partial charge in [-0.1, -0.05) is 32.5 Å². The molecule has 4 unspecified atom stereocenters. The summed E-state index contributed by atoms with van der Waals surface area (Å²) in [6, 6.07) is 0.504. The number of hydrogen-bond acceptors (Lipinski definition) is 4. The predicted octanol–water partition coefficient (Wildman–Crippen LogP) is 1.39. The summed E-state index contributed by atoms with van der Waals surface area (Å²) in [5.41, 5.74) is 5.39. The molecule has 0 aromatic carbocycles. The quantitative estimate of drug-likeness (QED) is 0.446. The van der Waals surface area contributed by atoms with Gasteiger partial charge in [0.2, 0.25) is 0 Å². The monoisotopic (exact) mass is 259 g/mol. The molecule has 100 valence electrons. The molecular weight excluding hydrogens is 234 g/mol. The molecule has 0 saturated carbocycles. The van der Waals surface area contributed by atoms with Crippen molar-refractivity contribution in [3.63, 3.8) is 0 Å². The van der Waals surface area contributed by atoms with Crippen LogP contribution in [-0.2, 0) is 0 Å². The summed E-state index contributed by atoms with van der Waals surface area (Å²) in [7, 11) is 0. The maximum absolute atomic E-state index is 10.4. The van der Waals surface area contributed by atoms with Crippen LogP contribution in [-0.4, -0.2) is 34.2 Å². The molecule has 0 spiro atoms. The first-order chi connectivity index (χ1) is 7.71. The van der Waals surface area contributed by atoms with Gasteiger partial charge in [0.05, 0.1) is 6.10 Å². The summed E-state index contributed by atoms with van der Waals surface area (Å²) < 4.78 is 0. The van der Waals surface area contributed by atoms with E-state index in [1.165, 1.54) is 11.8 Å². The normalized spacial score (nSPS) is 34.6. The molecular formula is C12H25N3OS. The van der Waals surface area contributed by atoms with Crippen LogP contribution in [0.25, 0.3) is 0 Å². The van der Waals surface area contributed by atoms with Gasteiger partial charge in [0, 0.05) is 17.8 Å². The van der Waals surface area contributed by atoms with Crippen molar-refractivity contribution in [2.24, 2.45) is 17.1 Å². The molecule has 17 heavy (non-hydrogen) atoms. The second-order valence-electron chi connectivity index (χ2n) is 6.07. The fraction of sp³-hybridized carbons (Fsp3) is 0.917. The highest BCUT2D eigenvalue weighted by molar-refractivity contribution is 8.13. The third kappa shape index (κ3) is 4.16. The van der Waals surface area contributed by atoms with Gasteiger partial charge in [0.15, 0.2) is 5.17 Å². The summed E-state index contributed by atoms with van der Waals surface area (Å²) in [4.78, 5) is 0. The Balaban J connectivity index is 2.68. The first-order valence-corrected chi connectivity index (χ1v) is 7.11. The van der Waals surface area contributed by atoms with E-state index in [9.17, 15) is 5.11 Å². The lowest BCUT2D eigenvalue weighted by molar-refractivity contribution is -0.00365. The molecule has 1 heterocycles. The van der Waals surface area contributed by atoms with Crippen LogP contribution >= 0.6 is 11.8 Å². The van der Waals surface area contributed by atoms with Crippen LogP contribution in [0.3, 0.4) is 0 Å². The van der Waals surface area contributed by atoms with E-state index in [-0.39, 0.29) is 28.6 Å². The Morgan fingerprint density at radius 1 is 1.53 bits per heavy atom. The standard InChI is InChI=1S/C12H25N3OS/c1-7-5-8(6-17-11(13)14)9(16)10(15-7)12(2,3)4/h7-10,15-16H,5-6H2,1-4H3,(H3,13,14). The fourth-order valence-electron chi connectivity index (χ4n) is 2.46. The molecule has 0 aromatic rings. The third-order valence-electron chi connectivity index (χ3n) is 3.33. The average molecular weight is 259 g/mol. The number of hydrogen-bond donors (Lipinski definition) is 4. The van der Waals surface area contributed by atoms with Crippen molar-refractivity contribution in [1.82, 2.24) is 5.32 Å². The van der Waals surface area contributed by atoms with Crippen molar-refractivity contribution in [2.45, 2.75) is 52.3 Å². The number of nitrogens with one attached hydrogen (secondary N) is 2. The number of rotatable bonds is 2. The van der Waals surface area contributed by atoms with Crippen molar-refractivity contribution in [3.8, 4) is 0 Å². The van der Waals surface area contributed by atoms with Gasteiger partial charge in [-0.25, -0.2) is 0 Å². The van der Waals surface area contributed by atoms with Crippen LogP contribution in [0.4, 0.5) is 0 Å². The van der Waals surface area contributed by atoms with Crippen LogP contribution in [0, 0.1) is 16.7 Å². The van der Waals surface area contributed by atoms with Crippen LogP contribution < -0.4 is 11.1 Å². The molecule has 4 nitrogen and oxygen atoms in total. The molecule has 5 N–H and O–H groups in total. The number of piperidine rings is 1. The Kier molecular flexibility index (Phi) is 4.86. The van der Waals surface area contributed by atoms with Gasteiger partial charge in [-0.3, -0.25) is 5.41 Å². The Hall–Kier alpha value is -0.260. The minimum atomic E-state index is -0.363. The zero-order valence-electron chi connectivity index (χ0n) is 11.2. The number of aliphatic hydroxyl groups is 1. The summed E-state index contributed by atoms with van der Waals surface area (Å²) in [6.07, 6.45) is 0.576. The number of amidine groups is 1. The second kappa shape index (κ2) is 5.59. The van der Waals surface area contributed by atoms with Crippen molar-refractivity contribution >= 4 is 16.9 Å². The van der Waals surface area contributed by atoms with Crippen molar-refractivity contribution in [1.29, 1.82) is 5.41 Å². The average Bonchev–Trinajstić information content (AvgIpc) is 2.17. The Labute approximate surface area is 108 Å². The first-order valence-electron chi connectivity index (χ1n) is 6.12. The fourth-order valence-corrected chi connectivity index (χ4v) is 3.19. The van der Waals surface area contributed by atoms with E-state index in [0.717, 1.165) is 12.2 Å². The van der Waals surface area contributed by atoms with Gasteiger partial charge < -0.3 is 16.2 Å². The zero-order valence-corrected chi connectivity index (χ0v) is 12.0. The van der Waals surface area contributed by atoms with Crippen LogP contribution in [0.15, 0.2) is 0 Å². The number of aliphatic hydroxyl groups excluding tert-OH is 1. The molecule has 0 bridgehead atoms. The lowest BCUT2D eigenvalue weighted by Gasteiger charge is -2.45. The van der Waals surface area contributed by atoms with Crippen molar-refractivity contribution < 1.29 is 5.11 Å². The summed E-state index contributed by atoms with van der Waals surface area (Å²) in [6.45, 7) is 8.57. The largest absolute Gasteiger partial charge is 0.391 e. The summed E-state index contributed by atoms with van der Waals surface area (Å²) in [5.74, 6) is 0.944. The van der Waals surface area contributed by atoms with E-state index in [2.05, 4.69) is 33.0 Å². The van der Waals surface area contributed by atoms with Crippen LogP contribution in [0.5, 0.6) is 0 Å². The number of nitrogens with two attached hydrogens (primary N) is 1. The van der Waals surface area contributed by atoms with Crippen molar-refractivity contribution in [2.75, 3.05) is 5.75 Å². The smallest absolute Gasteiger partial charge is 0.151 e. The zero-order chi connectivity index (χ0) is 13.2. The molecule has 1 saturated heterocycles. The van der Waals surface area contributed by atoms with E-state index >= 15 is 0 Å². The minimum absolute atomic E-state index is 0.0350. The van der Waals surface area contributed by atoms with Crippen LogP contribution in [0.2, 0.25) is 0 Å². The van der Waals surface area contributed by atoms with E-state index in [0.29, 0.717) is 6.04 Å². The Morgan fingerprint density at radius 3 is 2.59 bits per heavy atom. The molecule has 0 aromatic heterocycles. The lowest BCUT2D eigenvalue weighted by atomic mass is 9.75. The maximum Gasteiger partial charge on any atom is 0.151 e. The maximum atomic E-state index is 10.4. The topological polar surface area (TPSA) is 82.1 Å². The first kappa shape index (κ1) is 14.8. The van der Waals surface area contributed by atoms with E-state index in [1.807, 2.05) is 0 Å². The molecule has 4 atom stereocenters. The highest BCUT2D eigenvalue weighted by Crippen LogP contribution is 2.32.